The molecule has 0 spiro atoms. The Labute approximate surface area is 212 Å². The number of carbonyl (C=O) groups is 1. The first-order chi connectivity index (χ1) is 17.8. The lowest BCUT2D eigenvalue weighted by Crippen LogP contribution is -2.52. The summed E-state index contributed by atoms with van der Waals surface area (Å²) in [7, 11) is 0. The first kappa shape index (κ1) is 22.9. The van der Waals surface area contributed by atoms with Gasteiger partial charge in [0.2, 0.25) is 0 Å². The van der Waals surface area contributed by atoms with Crippen LogP contribution >= 0.6 is 0 Å². The van der Waals surface area contributed by atoms with E-state index >= 15 is 0 Å². The fraction of sp³-hybridized carbons (Fsp3) is 0.519. The number of aromatic nitrogens is 4. The minimum Gasteiger partial charge on any atom is -0.363 e. The van der Waals surface area contributed by atoms with Gasteiger partial charge >= 0.3 is 6.18 Å². The topological polar surface area (TPSA) is 76.8 Å². The number of nitrogens with zero attached hydrogens (tertiary/aromatic N) is 4. The Balaban J connectivity index is 1.15. The highest BCUT2D eigenvalue weighted by Gasteiger charge is 2.52. The third-order valence-corrected chi connectivity index (χ3v) is 9.02. The van der Waals surface area contributed by atoms with Crippen LogP contribution in [-0.4, -0.2) is 31.6 Å². The molecule has 194 valence electrons. The molecular formula is C27H29F3N6O. The maximum absolute atomic E-state index is 14.0. The summed E-state index contributed by atoms with van der Waals surface area (Å²) < 4.78 is 44.9. The average Bonchev–Trinajstić information content (AvgIpc) is 3.50. The van der Waals surface area contributed by atoms with Gasteiger partial charge in [0, 0.05) is 12.6 Å². The lowest BCUT2D eigenvalue weighted by Gasteiger charge is -2.56. The van der Waals surface area contributed by atoms with E-state index in [1.54, 1.807) is 30.5 Å². The third-order valence-electron chi connectivity index (χ3n) is 9.02. The number of amides is 1. The van der Waals surface area contributed by atoms with Gasteiger partial charge in [0.15, 0.2) is 6.04 Å². The molecule has 3 heterocycles. The van der Waals surface area contributed by atoms with E-state index in [0.717, 1.165) is 47.3 Å². The molecule has 4 saturated carbocycles. The molecule has 2 atom stereocenters. The van der Waals surface area contributed by atoms with Gasteiger partial charge in [-0.05, 0) is 61.8 Å². The van der Waals surface area contributed by atoms with E-state index in [2.05, 4.69) is 20.8 Å². The van der Waals surface area contributed by atoms with E-state index < -0.39 is 24.2 Å². The Morgan fingerprint density at radius 2 is 1.65 bits per heavy atom. The number of hydrogen-bond acceptors (Lipinski definition) is 4. The Morgan fingerprint density at radius 3 is 2.30 bits per heavy atom. The molecular weight excluding hydrogens is 481 g/mol. The normalized spacial score (nSPS) is 32.1. The summed E-state index contributed by atoms with van der Waals surface area (Å²) in [5.41, 5.74) is 1.38. The van der Waals surface area contributed by atoms with E-state index in [0.29, 0.717) is 5.69 Å². The van der Waals surface area contributed by atoms with Gasteiger partial charge in [-0.1, -0.05) is 30.3 Å². The van der Waals surface area contributed by atoms with Crippen molar-refractivity contribution in [1.82, 2.24) is 19.6 Å². The molecule has 4 fully saturated rings. The zero-order chi connectivity index (χ0) is 25.4. The predicted molar refractivity (Wildman–Crippen MR) is 131 cm³/mol. The number of carbonyl (C=O) groups excluding carboxylic acids is 1. The number of hydrogen-bond donors (Lipinski definition) is 2. The minimum atomic E-state index is -4.50. The monoisotopic (exact) mass is 510 g/mol. The summed E-state index contributed by atoms with van der Waals surface area (Å²) in [6.07, 6.45) is 7.42. The van der Waals surface area contributed by atoms with Crippen LogP contribution in [0.4, 0.5) is 24.7 Å². The van der Waals surface area contributed by atoms with Crippen LogP contribution in [-0.2, 0) is 5.54 Å². The second kappa shape index (κ2) is 8.10. The Morgan fingerprint density at radius 1 is 0.973 bits per heavy atom. The van der Waals surface area contributed by atoms with Crippen molar-refractivity contribution >= 4 is 17.4 Å². The molecule has 2 N–H and O–H groups in total. The zero-order valence-electron chi connectivity index (χ0n) is 20.3. The fourth-order valence-electron chi connectivity index (χ4n) is 7.82. The molecule has 8 rings (SSSR count). The van der Waals surface area contributed by atoms with Crippen molar-refractivity contribution in [3.8, 4) is 0 Å². The Kier molecular flexibility index (Phi) is 5.00. The minimum absolute atomic E-state index is 0.0268. The number of benzene rings is 1. The molecule has 0 radical (unpaired) electrons. The molecule has 4 aliphatic carbocycles. The van der Waals surface area contributed by atoms with E-state index in [4.69, 9.17) is 0 Å². The highest BCUT2D eigenvalue weighted by molar-refractivity contribution is 6.07. The Bertz CT molecular complexity index is 1290. The fourth-order valence-corrected chi connectivity index (χ4v) is 7.82. The van der Waals surface area contributed by atoms with Gasteiger partial charge < -0.3 is 10.6 Å². The second-order valence-electron chi connectivity index (χ2n) is 11.5. The smallest absolute Gasteiger partial charge is 0.363 e. The molecule has 5 aliphatic rings. The van der Waals surface area contributed by atoms with Crippen molar-refractivity contribution in [2.75, 3.05) is 10.6 Å². The Hall–Kier alpha value is -3.30. The van der Waals surface area contributed by atoms with Gasteiger partial charge in [0.25, 0.3) is 5.91 Å². The van der Waals surface area contributed by atoms with Crippen molar-refractivity contribution in [2.45, 2.75) is 68.7 Å². The third kappa shape index (κ3) is 3.83. The van der Waals surface area contributed by atoms with Crippen molar-refractivity contribution in [3.05, 3.63) is 60.0 Å². The van der Waals surface area contributed by atoms with Crippen molar-refractivity contribution in [2.24, 2.45) is 17.8 Å². The van der Waals surface area contributed by atoms with Crippen LogP contribution in [0.2, 0.25) is 0 Å². The number of fused-ring (bicyclic) bond motifs is 1. The van der Waals surface area contributed by atoms with Crippen LogP contribution < -0.4 is 10.6 Å². The van der Waals surface area contributed by atoms with Gasteiger partial charge in [-0.2, -0.15) is 23.4 Å². The zero-order valence-corrected chi connectivity index (χ0v) is 20.3. The summed E-state index contributed by atoms with van der Waals surface area (Å²) in [5, 5.41) is 14.6. The second-order valence-corrected chi connectivity index (χ2v) is 11.5. The van der Waals surface area contributed by atoms with E-state index in [1.807, 2.05) is 16.9 Å². The lowest BCUT2D eigenvalue weighted by atomic mass is 9.53. The molecule has 2 aromatic heterocycles. The van der Waals surface area contributed by atoms with Gasteiger partial charge in [-0.25, -0.2) is 4.68 Å². The molecule has 1 aliphatic heterocycles. The first-order valence-corrected chi connectivity index (χ1v) is 13.1. The molecule has 0 unspecified atom stereocenters. The molecule has 0 saturated heterocycles. The number of nitrogens with one attached hydrogen (secondary N) is 2. The van der Waals surface area contributed by atoms with Crippen molar-refractivity contribution < 1.29 is 18.0 Å². The largest absolute Gasteiger partial charge is 0.410 e. The van der Waals surface area contributed by atoms with Crippen LogP contribution in [0.15, 0.2) is 48.9 Å². The average molecular weight is 511 g/mol. The van der Waals surface area contributed by atoms with Gasteiger partial charge in [-0.15, -0.1) is 0 Å². The molecule has 4 bridgehead atoms. The summed E-state index contributed by atoms with van der Waals surface area (Å²) in [6.45, 7) is 0. The maximum atomic E-state index is 14.0. The number of rotatable bonds is 4. The maximum Gasteiger partial charge on any atom is 0.410 e. The molecule has 1 aromatic carbocycles. The van der Waals surface area contributed by atoms with Crippen LogP contribution in [0.3, 0.4) is 0 Å². The van der Waals surface area contributed by atoms with E-state index in [9.17, 15) is 18.0 Å². The number of alkyl halides is 3. The molecule has 37 heavy (non-hydrogen) atoms. The molecule has 7 nitrogen and oxygen atoms in total. The molecule has 1 amide bonds. The van der Waals surface area contributed by atoms with Crippen LogP contribution in [0, 0.1) is 17.8 Å². The van der Waals surface area contributed by atoms with Crippen LogP contribution in [0.25, 0.3) is 0 Å². The van der Waals surface area contributed by atoms with Gasteiger partial charge in [0.05, 0.1) is 29.7 Å². The van der Waals surface area contributed by atoms with Crippen molar-refractivity contribution in [3.63, 3.8) is 0 Å². The van der Waals surface area contributed by atoms with Crippen molar-refractivity contribution in [1.29, 1.82) is 0 Å². The van der Waals surface area contributed by atoms with Gasteiger partial charge in [0.1, 0.15) is 11.4 Å². The molecule has 10 heteroatoms. The first-order valence-electron chi connectivity index (χ1n) is 13.1. The summed E-state index contributed by atoms with van der Waals surface area (Å²) in [5.74, 6) is 1.86. The summed E-state index contributed by atoms with van der Waals surface area (Å²) in [4.78, 5) is 13.3. The van der Waals surface area contributed by atoms with Crippen LogP contribution in [0.5, 0.6) is 0 Å². The summed E-state index contributed by atoms with van der Waals surface area (Å²) in [6, 6.07) is 6.56. The highest BCUT2D eigenvalue weighted by atomic mass is 19.4. The molecule has 3 aromatic rings. The SMILES string of the molecule is O=C(Nc1cnn(C23CC4CC(CC(C4)C2)C3)c1)c1cnn2c1N[C@H](c1ccccc1)C[C@@H]2C(F)(F)F. The predicted octanol–water partition coefficient (Wildman–Crippen LogP) is 5.92. The quantitative estimate of drug-likeness (QED) is 0.457. The van der Waals surface area contributed by atoms with E-state index in [1.165, 1.54) is 25.5 Å². The highest BCUT2D eigenvalue weighted by Crippen LogP contribution is 2.58. The number of halogens is 3. The number of anilines is 2. The standard InChI is InChI=1S/C27H29F3N6O/c28-27(29,30)23-9-22(19-4-2-1-3-5-19)34-24-21(14-32-36(23)24)25(37)33-20-13-31-35(15-20)26-10-16-6-17(11-26)8-18(7-16)12-26/h1-5,13-18,22-23,34H,6-12H2,(H,33,37)/t16?,17?,18?,22-,23+,26?/m0/s1. The van der Waals surface area contributed by atoms with E-state index in [-0.39, 0.29) is 23.3 Å². The lowest BCUT2D eigenvalue weighted by molar-refractivity contribution is -0.173. The summed E-state index contributed by atoms with van der Waals surface area (Å²) >= 11 is 0. The van der Waals surface area contributed by atoms with Crippen LogP contribution in [0.1, 0.15) is 73.0 Å². The van der Waals surface area contributed by atoms with Gasteiger partial charge in [-0.3, -0.25) is 9.48 Å².